The Morgan fingerprint density at radius 2 is 1.08 bits per heavy atom. The van der Waals surface area contributed by atoms with Gasteiger partial charge < -0.3 is 17.8 Å². The normalized spacial score (nSPS) is 21.0. The molecule has 0 saturated heterocycles. The van der Waals surface area contributed by atoms with E-state index in [1.165, 1.54) is 133 Å². The topological polar surface area (TPSA) is 27.7 Å². The minimum Gasteiger partial charge on any atom is -0.377 e. The third kappa shape index (κ3) is 14.9. The van der Waals surface area contributed by atoms with Crippen LogP contribution in [-0.2, 0) is 13.3 Å². The molecular formula is C32H68NO3Si+. The quantitative estimate of drug-likeness (QED) is 0.0690. The number of hydrogen-bond donors (Lipinski definition) is 0. The van der Waals surface area contributed by atoms with Gasteiger partial charge in [0.25, 0.3) is 0 Å². The van der Waals surface area contributed by atoms with E-state index in [4.69, 9.17) is 13.3 Å². The van der Waals surface area contributed by atoms with Crippen molar-refractivity contribution in [2.24, 2.45) is 11.8 Å². The van der Waals surface area contributed by atoms with E-state index in [0.717, 1.165) is 30.3 Å². The summed E-state index contributed by atoms with van der Waals surface area (Å²) in [6.45, 7) is 6.05. The molecule has 3 atom stereocenters. The van der Waals surface area contributed by atoms with Gasteiger partial charge in [-0.3, -0.25) is 0 Å². The van der Waals surface area contributed by atoms with Crippen LogP contribution >= 0.6 is 0 Å². The van der Waals surface area contributed by atoms with E-state index < -0.39 is 8.80 Å². The Bertz CT molecular complexity index is 518. The third-order valence-electron chi connectivity index (χ3n) is 9.44. The molecule has 1 aliphatic rings. The Kier molecular flexibility index (Phi) is 19.8. The lowest BCUT2D eigenvalue weighted by Crippen LogP contribution is -2.55. The molecule has 0 spiro atoms. The first-order valence-electron chi connectivity index (χ1n) is 16.3. The summed E-state index contributed by atoms with van der Waals surface area (Å²) in [6.07, 6.45) is 28.3. The fourth-order valence-electron chi connectivity index (χ4n) is 6.86. The lowest BCUT2D eigenvalue weighted by atomic mass is 9.76. The molecule has 4 nitrogen and oxygen atoms in total. The van der Waals surface area contributed by atoms with Crippen molar-refractivity contribution in [3.05, 3.63) is 0 Å². The van der Waals surface area contributed by atoms with Crippen LogP contribution in [0, 0.1) is 11.8 Å². The van der Waals surface area contributed by atoms with Crippen LogP contribution in [0.25, 0.3) is 0 Å². The highest BCUT2D eigenvalue weighted by Crippen LogP contribution is 2.38. The molecule has 0 heterocycles. The molecule has 0 amide bonds. The fraction of sp³-hybridized carbons (Fsp3) is 1.00. The Labute approximate surface area is 234 Å². The second kappa shape index (κ2) is 20.9. The van der Waals surface area contributed by atoms with Crippen molar-refractivity contribution in [1.29, 1.82) is 0 Å². The molecule has 0 aromatic heterocycles. The predicted octanol–water partition coefficient (Wildman–Crippen LogP) is 9.40. The van der Waals surface area contributed by atoms with E-state index in [1.807, 2.05) is 0 Å². The van der Waals surface area contributed by atoms with Gasteiger partial charge in [-0.2, -0.15) is 0 Å². The minimum absolute atomic E-state index is 0.743. The van der Waals surface area contributed by atoms with Gasteiger partial charge in [0.15, 0.2) is 0 Å². The van der Waals surface area contributed by atoms with Crippen molar-refractivity contribution < 1.29 is 17.8 Å². The van der Waals surface area contributed by atoms with Gasteiger partial charge in [-0.25, -0.2) is 0 Å². The number of unbranched alkanes of at least 4 members (excludes halogenated alkanes) is 15. The van der Waals surface area contributed by atoms with Gasteiger partial charge in [-0.05, 0) is 44.4 Å². The summed E-state index contributed by atoms with van der Waals surface area (Å²) in [5.41, 5.74) is 0. The maximum absolute atomic E-state index is 5.73. The van der Waals surface area contributed by atoms with Crippen LogP contribution in [0.1, 0.15) is 142 Å². The van der Waals surface area contributed by atoms with Gasteiger partial charge >= 0.3 is 8.80 Å². The van der Waals surface area contributed by atoms with Crippen molar-refractivity contribution in [2.75, 3.05) is 42.0 Å². The van der Waals surface area contributed by atoms with Crippen LogP contribution in [0.2, 0.25) is 6.04 Å². The van der Waals surface area contributed by atoms with Crippen LogP contribution in [0.3, 0.4) is 0 Å². The molecule has 0 aromatic carbocycles. The Hall–Kier alpha value is 0.0569. The molecule has 5 heteroatoms. The molecule has 37 heavy (non-hydrogen) atoms. The molecule has 0 N–H and O–H groups in total. The zero-order valence-corrected chi connectivity index (χ0v) is 27.5. The standard InChI is InChI=1S/C32H68NO3Si/c1-8-9-10-11-12-13-14-15-16-17-18-19-20-21-22-23-27-33(3,4)32-25-24-30(2)29-31(32)26-28-37(34-5,35-6)36-7/h30-32H,8-29H2,1-7H3/q+1. The van der Waals surface area contributed by atoms with Crippen LogP contribution in [0.15, 0.2) is 0 Å². The predicted molar refractivity (Wildman–Crippen MR) is 163 cm³/mol. The molecule has 0 radical (unpaired) electrons. The Morgan fingerprint density at radius 3 is 1.51 bits per heavy atom. The molecule has 3 unspecified atom stereocenters. The van der Waals surface area contributed by atoms with E-state index in [0.29, 0.717) is 0 Å². The van der Waals surface area contributed by atoms with Gasteiger partial charge in [0.2, 0.25) is 0 Å². The molecule has 1 rings (SSSR count). The highest BCUT2D eigenvalue weighted by molar-refractivity contribution is 6.60. The Morgan fingerprint density at radius 1 is 0.649 bits per heavy atom. The number of quaternary nitrogens is 1. The summed E-state index contributed by atoms with van der Waals surface area (Å²) < 4.78 is 18.4. The summed E-state index contributed by atoms with van der Waals surface area (Å²) in [4.78, 5) is 0. The van der Waals surface area contributed by atoms with E-state index in [2.05, 4.69) is 27.9 Å². The number of rotatable bonds is 24. The van der Waals surface area contributed by atoms with Crippen molar-refractivity contribution in [1.82, 2.24) is 0 Å². The zero-order valence-electron chi connectivity index (χ0n) is 26.5. The number of nitrogens with zero attached hydrogens (tertiary/aromatic N) is 1. The van der Waals surface area contributed by atoms with E-state index in [-0.39, 0.29) is 0 Å². The van der Waals surface area contributed by atoms with Crippen molar-refractivity contribution in [2.45, 2.75) is 154 Å². The summed E-state index contributed by atoms with van der Waals surface area (Å²) >= 11 is 0. The molecule has 0 aromatic rings. The average molecular weight is 543 g/mol. The maximum Gasteiger partial charge on any atom is 0.500 e. The molecule has 1 aliphatic carbocycles. The van der Waals surface area contributed by atoms with Crippen molar-refractivity contribution in [3.8, 4) is 0 Å². The molecule has 0 aliphatic heterocycles. The highest BCUT2D eigenvalue weighted by Gasteiger charge is 2.43. The fourth-order valence-corrected chi connectivity index (χ4v) is 8.70. The van der Waals surface area contributed by atoms with Gasteiger partial charge in [-0.1, -0.05) is 104 Å². The summed E-state index contributed by atoms with van der Waals surface area (Å²) in [5.74, 6) is 1.58. The summed E-state index contributed by atoms with van der Waals surface area (Å²) in [7, 11) is 7.74. The first-order valence-corrected chi connectivity index (χ1v) is 18.3. The number of hydrogen-bond acceptors (Lipinski definition) is 3. The van der Waals surface area contributed by atoms with E-state index in [1.54, 1.807) is 21.3 Å². The third-order valence-corrected chi connectivity index (χ3v) is 12.2. The average Bonchev–Trinajstić information content (AvgIpc) is 2.89. The smallest absolute Gasteiger partial charge is 0.377 e. The van der Waals surface area contributed by atoms with Crippen LogP contribution in [0.4, 0.5) is 0 Å². The minimum atomic E-state index is -2.48. The zero-order chi connectivity index (χ0) is 27.4. The molecule has 222 valence electrons. The van der Waals surface area contributed by atoms with Crippen molar-refractivity contribution >= 4 is 8.80 Å². The SMILES string of the molecule is CCCCCCCCCCCCCCCCCC[N+](C)(C)C1CCC(C)CC1CC[Si](OC)(OC)OC. The second-order valence-electron chi connectivity index (χ2n) is 12.9. The monoisotopic (exact) mass is 542 g/mol. The maximum atomic E-state index is 5.73. The lowest BCUT2D eigenvalue weighted by Gasteiger charge is -2.46. The van der Waals surface area contributed by atoms with E-state index >= 15 is 0 Å². The summed E-state index contributed by atoms with van der Waals surface area (Å²) in [5, 5.41) is 0. The second-order valence-corrected chi connectivity index (χ2v) is 16.0. The van der Waals surface area contributed by atoms with Crippen LogP contribution in [0.5, 0.6) is 0 Å². The largest absolute Gasteiger partial charge is 0.500 e. The molecular weight excluding hydrogens is 474 g/mol. The van der Waals surface area contributed by atoms with Crippen LogP contribution in [-0.4, -0.2) is 61.3 Å². The van der Waals surface area contributed by atoms with Gasteiger partial charge in [0.05, 0.1) is 26.7 Å². The van der Waals surface area contributed by atoms with Gasteiger partial charge in [0.1, 0.15) is 0 Å². The van der Waals surface area contributed by atoms with Gasteiger partial charge in [-0.15, -0.1) is 0 Å². The first kappa shape index (κ1) is 35.1. The van der Waals surface area contributed by atoms with Gasteiger partial charge in [0, 0.05) is 33.3 Å². The molecule has 1 saturated carbocycles. The Balaban J connectivity index is 2.18. The first-order chi connectivity index (χ1) is 17.8. The molecule has 1 fully saturated rings. The van der Waals surface area contributed by atoms with Crippen molar-refractivity contribution in [3.63, 3.8) is 0 Å². The van der Waals surface area contributed by atoms with E-state index in [9.17, 15) is 0 Å². The lowest BCUT2D eigenvalue weighted by molar-refractivity contribution is -0.920. The van der Waals surface area contributed by atoms with Crippen LogP contribution < -0.4 is 0 Å². The molecule has 0 bridgehead atoms. The highest BCUT2D eigenvalue weighted by atomic mass is 28.4. The summed E-state index contributed by atoms with van der Waals surface area (Å²) in [6, 6.07) is 1.69.